The average Bonchev–Trinajstić information content (AvgIpc) is 2.96. The summed E-state index contributed by atoms with van der Waals surface area (Å²) >= 11 is 0. The van der Waals surface area contributed by atoms with Crippen molar-refractivity contribution < 1.29 is 19.5 Å². The summed E-state index contributed by atoms with van der Waals surface area (Å²) in [6, 6.07) is 20.4. The van der Waals surface area contributed by atoms with E-state index in [0.717, 1.165) is 72.9 Å². The van der Waals surface area contributed by atoms with E-state index in [4.69, 9.17) is 4.98 Å². The molecule has 0 radical (unpaired) electrons. The maximum Gasteiger partial charge on any atom is 0.405 e. The highest BCUT2D eigenvalue weighted by molar-refractivity contribution is 5.93. The molecule has 8 heteroatoms. The number of hydrogen-bond acceptors (Lipinski definition) is 4. The lowest BCUT2D eigenvalue weighted by atomic mass is 9.71. The Hall–Kier alpha value is -4.20. The lowest BCUT2D eigenvalue weighted by Gasteiger charge is -2.42. The van der Waals surface area contributed by atoms with Gasteiger partial charge in [0.1, 0.15) is 0 Å². The van der Waals surface area contributed by atoms with Gasteiger partial charge in [0.05, 0.1) is 23.1 Å². The molecule has 3 amide bonds. The molecule has 5 rings (SSSR count). The molecule has 3 N–H and O–H groups in total. The smallest absolute Gasteiger partial charge is 0.405 e. The molecular weight excluding hydrogens is 540 g/mol. The van der Waals surface area contributed by atoms with Crippen molar-refractivity contribution in [2.75, 3.05) is 5.32 Å². The predicted molar refractivity (Wildman–Crippen MR) is 168 cm³/mol. The summed E-state index contributed by atoms with van der Waals surface area (Å²) in [4.78, 5) is 43.4. The molecule has 43 heavy (non-hydrogen) atoms. The normalized spacial score (nSPS) is 19.3. The molecule has 8 nitrogen and oxygen atoms in total. The van der Waals surface area contributed by atoms with Crippen molar-refractivity contribution in [2.45, 2.75) is 89.8 Å². The number of nitrogens with zero attached hydrogens (tertiary/aromatic N) is 2. The van der Waals surface area contributed by atoms with Gasteiger partial charge in [0.2, 0.25) is 11.8 Å². The molecule has 0 bridgehead atoms. The summed E-state index contributed by atoms with van der Waals surface area (Å²) in [5.41, 5.74) is 4.71. The molecule has 0 atom stereocenters. The summed E-state index contributed by atoms with van der Waals surface area (Å²) in [7, 11) is 0. The maximum atomic E-state index is 13.1. The third-order valence-electron chi connectivity index (χ3n) is 9.12. The average molecular weight is 583 g/mol. The van der Waals surface area contributed by atoms with Crippen LogP contribution in [0.4, 0.5) is 10.5 Å². The largest absolute Gasteiger partial charge is 0.465 e. The minimum Gasteiger partial charge on any atom is -0.465 e. The van der Waals surface area contributed by atoms with Crippen LogP contribution in [0.2, 0.25) is 0 Å². The summed E-state index contributed by atoms with van der Waals surface area (Å²) in [6.07, 6.45) is 7.43. The summed E-state index contributed by atoms with van der Waals surface area (Å²) in [6.45, 7) is 5.76. The Bertz CT molecular complexity index is 1440. The van der Waals surface area contributed by atoms with Crippen LogP contribution in [-0.4, -0.2) is 45.0 Å². The summed E-state index contributed by atoms with van der Waals surface area (Å²) < 4.78 is 0. The van der Waals surface area contributed by atoms with Gasteiger partial charge >= 0.3 is 6.09 Å². The van der Waals surface area contributed by atoms with E-state index in [1.807, 2.05) is 65.6 Å². The van der Waals surface area contributed by atoms with Crippen molar-refractivity contribution in [2.24, 2.45) is 5.92 Å². The highest BCUT2D eigenvalue weighted by Crippen LogP contribution is 2.42. The third-order valence-corrected chi connectivity index (χ3v) is 9.12. The topological polar surface area (TPSA) is 112 Å². The lowest BCUT2D eigenvalue weighted by Crippen LogP contribution is -2.50. The SMILES string of the molecule is CC(=O)N(C(C)C)[C@H]1CC[C@H](CC(=O)Nc2cnc(-c3ccc(C4(NC(=O)O)CCC4)cc3)c(-c3ccccc3)c2)CC1. The van der Waals surface area contributed by atoms with Crippen molar-refractivity contribution in [3.63, 3.8) is 0 Å². The van der Waals surface area contributed by atoms with Crippen LogP contribution in [0.5, 0.6) is 0 Å². The van der Waals surface area contributed by atoms with Gasteiger partial charge in [-0.25, -0.2) is 4.79 Å². The fraction of sp³-hybridized carbons (Fsp3) is 0.429. The Morgan fingerprint density at radius 1 is 0.977 bits per heavy atom. The first-order chi connectivity index (χ1) is 20.6. The minimum atomic E-state index is -1.01. The number of amides is 3. The van der Waals surface area contributed by atoms with Crippen LogP contribution in [-0.2, 0) is 15.1 Å². The number of aromatic nitrogens is 1. The van der Waals surface area contributed by atoms with E-state index in [9.17, 15) is 19.5 Å². The van der Waals surface area contributed by atoms with E-state index in [0.29, 0.717) is 18.0 Å². The zero-order chi connectivity index (χ0) is 30.6. The van der Waals surface area contributed by atoms with Gasteiger partial charge in [0, 0.05) is 36.6 Å². The molecule has 0 saturated heterocycles. The van der Waals surface area contributed by atoms with Gasteiger partial charge in [-0.15, -0.1) is 0 Å². The van der Waals surface area contributed by atoms with Gasteiger partial charge < -0.3 is 20.6 Å². The zero-order valence-corrected chi connectivity index (χ0v) is 25.3. The maximum absolute atomic E-state index is 13.1. The molecule has 0 unspecified atom stereocenters. The second kappa shape index (κ2) is 13.0. The molecule has 3 aromatic rings. The number of nitrogens with one attached hydrogen (secondary N) is 2. The van der Waals surface area contributed by atoms with Crippen LogP contribution in [0.3, 0.4) is 0 Å². The van der Waals surface area contributed by atoms with Gasteiger partial charge in [0.25, 0.3) is 0 Å². The fourth-order valence-electron chi connectivity index (χ4n) is 6.91. The van der Waals surface area contributed by atoms with E-state index in [1.165, 1.54) is 0 Å². The number of rotatable bonds is 9. The molecule has 226 valence electrons. The zero-order valence-electron chi connectivity index (χ0n) is 25.3. The Morgan fingerprint density at radius 3 is 2.21 bits per heavy atom. The molecule has 2 saturated carbocycles. The van der Waals surface area contributed by atoms with Crippen molar-refractivity contribution in [1.82, 2.24) is 15.2 Å². The minimum absolute atomic E-state index is 0.0228. The van der Waals surface area contributed by atoms with E-state index in [1.54, 1.807) is 13.1 Å². The first-order valence-electron chi connectivity index (χ1n) is 15.4. The second-order valence-electron chi connectivity index (χ2n) is 12.4. The molecule has 2 aromatic carbocycles. The second-order valence-corrected chi connectivity index (χ2v) is 12.4. The van der Waals surface area contributed by atoms with Crippen LogP contribution < -0.4 is 10.6 Å². The number of benzene rings is 2. The van der Waals surface area contributed by atoms with Gasteiger partial charge in [-0.1, -0.05) is 54.6 Å². The number of carbonyl (C=O) groups is 3. The number of carbonyl (C=O) groups excluding carboxylic acids is 2. The van der Waals surface area contributed by atoms with Crippen LogP contribution in [0, 0.1) is 5.92 Å². The molecule has 0 spiro atoms. The summed E-state index contributed by atoms with van der Waals surface area (Å²) in [5.74, 6) is 0.395. The molecule has 0 aliphatic heterocycles. The van der Waals surface area contributed by atoms with Crippen molar-refractivity contribution in [1.29, 1.82) is 0 Å². The number of pyridine rings is 1. The Balaban J connectivity index is 1.30. The van der Waals surface area contributed by atoms with Crippen LogP contribution in [0.1, 0.15) is 77.7 Å². The first-order valence-corrected chi connectivity index (χ1v) is 15.4. The number of carboxylic acid groups (broad SMARTS) is 1. The number of anilines is 1. The predicted octanol–water partition coefficient (Wildman–Crippen LogP) is 7.21. The fourth-order valence-corrected chi connectivity index (χ4v) is 6.91. The molecular formula is C35H42N4O4. The quantitative estimate of drug-likeness (QED) is 0.247. The van der Waals surface area contributed by atoms with E-state index >= 15 is 0 Å². The van der Waals surface area contributed by atoms with Gasteiger partial charge in [-0.3, -0.25) is 14.6 Å². The molecule has 1 aromatic heterocycles. The van der Waals surface area contributed by atoms with Crippen molar-refractivity contribution in [3.05, 3.63) is 72.4 Å². The van der Waals surface area contributed by atoms with Crippen LogP contribution in [0.25, 0.3) is 22.4 Å². The summed E-state index contributed by atoms with van der Waals surface area (Å²) in [5, 5.41) is 15.2. The Labute approximate surface area is 253 Å². The monoisotopic (exact) mass is 582 g/mol. The van der Waals surface area contributed by atoms with Crippen molar-refractivity contribution >= 4 is 23.6 Å². The van der Waals surface area contributed by atoms with E-state index in [2.05, 4.69) is 24.5 Å². The van der Waals surface area contributed by atoms with Gasteiger partial charge in [0.15, 0.2) is 0 Å². The van der Waals surface area contributed by atoms with Gasteiger partial charge in [-0.2, -0.15) is 0 Å². The molecule has 2 aliphatic rings. The van der Waals surface area contributed by atoms with Crippen LogP contribution in [0.15, 0.2) is 66.9 Å². The van der Waals surface area contributed by atoms with E-state index < -0.39 is 11.6 Å². The van der Waals surface area contributed by atoms with Gasteiger partial charge in [-0.05, 0) is 81.9 Å². The highest BCUT2D eigenvalue weighted by atomic mass is 16.4. The van der Waals surface area contributed by atoms with Crippen LogP contribution >= 0.6 is 0 Å². The van der Waals surface area contributed by atoms with Crippen molar-refractivity contribution in [3.8, 4) is 22.4 Å². The molecule has 2 fully saturated rings. The Kier molecular flexibility index (Phi) is 9.14. The standard InChI is InChI=1S/C35H42N4O4/c1-23(2)39(24(3)40)30-16-10-25(11-17-30)20-32(41)37-29-21-31(26-8-5-4-6-9-26)33(36-22-29)27-12-14-28(15-13-27)35(18-7-19-35)38-34(42)43/h4-6,8-9,12-15,21-23,25,30,38H,7,10-11,16-20H2,1-3H3,(H,37,41)(H,42,43)/t25-,30-. The molecule has 2 aliphatic carbocycles. The number of hydrogen-bond donors (Lipinski definition) is 3. The Morgan fingerprint density at radius 2 is 1.65 bits per heavy atom. The van der Waals surface area contributed by atoms with E-state index in [-0.39, 0.29) is 23.9 Å². The lowest BCUT2D eigenvalue weighted by molar-refractivity contribution is -0.134. The molecule has 1 heterocycles. The first kappa shape index (κ1) is 30.3. The third kappa shape index (κ3) is 6.90. The highest BCUT2D eigenvalue weighted by Gasteiger charge is 2.40.